The summed E-state index contributed by atoms with van der Waals surface area (Å²) in [6.07, 6.45) is 1.60. The number of halogens is 1. The Hall–Kier alpha value is -1.20. The maximum atomic E-state index is 11.6. The first-order valence-electron chi connectivity index (χ1n) is 5.85. The molecule has 1 amide bonds. The SMILES string of the molecule is O=C(CSCc1cccc(Br)c1)NCc1ccco1. The van der Waals surface area contributed by atoms with E-state index >= 15 is 0 Å². The van der Waals surface area contributed by atoms with Crippen LogP contribution in [0, 0.1) is 0 Å². The average Bonchev–Trinajstić information content (AvgIpc) is 2.89. The standard InChI is InChI=1S/C14H14BrNO2S/c15-12-4-1-3-11(7-12)9-19-10-14(17)16-8-13-5-2-6-18-13/h1-7H,8-10H2,(H,16,17). The van der Waals surface area contributed by atoms with Crippen molar-refractivity contribution in [2.75, 3.05) is 5.75 Å². The maximum absolute atomic E-state index is 11.6. The molecule has 0 aliphatic carbocycles. The Morgan fingerprint density at radius 2 is 2.21 bits per heavy atom. The van der Waals surface area contributed by atoms with Gasteiger partial charge >= 0.3 is 0 Å². The van der Waals surface area contributed by atoms with Crippen molar-refractivity contribution in [3.8, 4) is 0 Å². The van der Waals surface area contributed by atoms with E-state index < -0.39 is 0 Å². The Bertz CT molecular complexity index is 528. The zero-order chi connectivity index (χ0) is 13.5. The molecule has 1 N–H and O–H groups in total. The molecule has 0 spiro atoms. The fourth-order valence-electron chi connectivity index (χ4n) is 1.54. The van der Waals surface area contributed by atoms with Crippen LogP contribution in [0.25, 0.3) is 0 Å². The number of thioether (sulfide) groups is 1. The molecular formula is C14H14BrNO2S. The summed E-state index contributed by atoms with van der Waals surface area (Å²) in [6, 6.07) is 11.8. The van der Waals surface area contributed by atoms with Gasteiger partial charge in [-0.05, 0) is 29.8 Å². The van der Waals surface area contributed by atoms with Gasteiger partial charge in [0.1, 0.15) is 5.76 Å². The highest BCUT2D eigenvalue weighted by Gasteiger charge is 2.03. The fourth-order valence-corrected chi connectivity index (χ4v) is 2.79. The molecule has 0 atom stereocenters. The van der Waals surface area contributed by atoms with Gasteiger partial charge in [-0.1, -0.05) is 28.1 Å². The molecule has 19 heavy (non-hydrogen) atoms. The van der Waals surface area contributed by atoms with E-state index in [4.69, 9.17) is 4.42 Å². The van der Waals surface area contributed by atoms with Crippen LogP contribution < -0.4 is 5.32 Å². The number of amides is 1. The number of nitrogens with one attached hydrogen (secondary N) is 1. The van der Waals surface area contributed by atoms with Crippen LogP contribution in [0.4, 0.5) is 0 Å². The average molecular weight is 340 g/mol. The summed E-state index contributed by atoms with van der Waals surface area (Å²) >= 11 is 5.03. The second-order valence-electron chi connectivity index (χ2n) is 3.98. The predicted molar refractivity (Wildman–Crippen MR) is 80.9 cm³/mol. The second-order valence-corrected chi connectivity index (χ2v) is 5.88. The molecule has 0 aliphatic heterocycles. The predicted octanol–water partition coefficient (Wildman–Crippen LogP) is 3.59. The topological polar surface area (TPSA) is 42.2 Å². The fraction of sp³-hybridized carbons (Fsp3) is 0.214. The van der Waals surface area contributed by atoms with Gasteiger partial charge in [-0.25, -0.2) is 0 Å². The molecular weight excluding hydrogens is 326 g/mol. The van der Waals surface area contributed by atoms with Gasteiger partial charge in [0, 0.05) is 10.2 Å². The van der Waals surface area contributed by atoms with Gasteiger partial charge in [0.15, 0.2) is 0 Å². The van der Waals surface area contributed by atoms with Crippen LogP contribution in [0.15, 0.2) is 51.6 Å². The Labute approximate surface area is 124 Å². The third-order valence-electron chi connectivity index (χ3n) is 2.43. The molecule has 0 fully saturated rings. The molecule has 2 rings (SSSR count). The van der Waals surface area contributed by atoms with E-state index in [0.29, 0.717) is 12.3 Å². The molecule has 5 heteroatoms. The van der Waals surface area contributed by atoms with E-state index in [1.807, 2.05) is 24.3 Å². The molecule has 3 nitrogen and oxygen atoms in total. The number of rotatable bonds is 6. The molecule has 0 aliphatic rings. The van der Waals surface area contributed by atoms with E-state index in [0.717, 1.165) is 16.0 Å². The Balaban J connectivity index is 1.66. The highest BCUT2D eigenvalue weighted by Crippen LogP contribution is 2.16. The summed E-state index contributed by atoms with van der Waals surface area (Å²) in [5.41, 5.74) is 1.21. The lowest BCUT2D eigenvalue weighted by Gasteiger charge is -2.04. The number of carbonyl (C=O) groups excluding carboxylic acids is 1. The highest BCUT2D eigenvalue weighted by atomic mass is 79.9. The van der Waals surface area contributed by atoms with E-state index in [2.05, 4.69) is 33.4 Å². The Morgan fingerprint density at radius 1 is 1.32 bits per heavy atom. The van der Waals surface area contributed by atoms with Crippen LogP contribution in [-0.4, -0.2) is 11.7 Å². The van der Waals surface area contributed by atoms with Crippen molar-refractivity contribution in [1.29, 1.82) is 0 Å². The molecule has 100 valence electrons. The second kappa shape index (κ2) is 7.40. The molecule has 0 radical (unpaired) electrons. The van der Waals surface area contributed by atoms with Crippen LogP contribution >= 0.6 is 27.7 Å². The molecule has 0 saturated carbocycles. The number of hydrogen-bond acceptors (Lipinski definition) is 3. The number of benzene rings is 1. The first kappa shape index (κ1) is 14.2. The summed E-state index contributed by atoms with van der Waals surface area (Å²) in [5, 5.41) is 2.82. The van der Waals surface area contributed by atoms with Crippen LogP contribution in [0.5, 0.6) is 0 Å². The Morgan fingerprint density at radius 3 is 2.95 bits per heavy atom. The van der Waals surface area contributed by atoms with Crippen molar-refractivity contribution in [2.24, 2.45) is 0 Å². The summed E-state index contributed by atoms with van der Waals surface area (Å²) in [6.45, 7) is 0.448. The number of furan rings is 1. The minimum Gasteiger partial charge on any atom is -0.467 e. The summed E-state index contributed by atoms with van der Waals surface area (Å²) in [4.78, 5) is 11.6. The lowest BCUT2D eigenvalue weighted by atomic mass is 10.2. The first-order valence-corrected chi connectivity index (χ1v) is 7.80. The summed E-state index contributed by atoms with van der Waals surface area (Å²) < 4.78 is 6.21. The number of hydrogen-bond donors (Lipinski definition) is 1. The highest BCUT2D eigenvalue weighted by molar-refractivity contribution is 9.10. The van der Waals surface area contributed by atoms with Gasteiger partial charge in [-0.3, -0.25) is 4.79 Å². The quantitative estimate of drug-likeness (QED) is 0.874. The zero-order valence-electron chi connectivity index (χ0n) is 10.3. The van der Waals surface area contributed by atoms with Crippen molar-refractivity contribution in [3.63, 3.8) is 0 Å². The van der Waals surface area contributed by atoms with Crippen LogP contribution in [0.1, 0.15) is 11.3 Å². The molecule has 1 aromatic carbocycles. The molecule has 0 bridgehead atoms. The van der Waals surface area contributed by atoms with E-state index in [1.54, 1.807) is 18.0 Å². The Kier molecular flexibility index (Phi) is 5.54. The minimum absolute atomic E-state index is 0.0244. The van der Waals surface area contributed by atoms with E-state index in [1.165, 1.54) is 5.56 Å². The van der Waals surface area contributed by atoms with Crippen molar-refractivity contribution in [1.82, 2.24) is 5.32 Å². The zero-order valence-corrected chi connectivity index (χ0v) is 12.7. The van der Waals surface area contributed by atoms with Crippen LogP contribution in [0.3, 0.4) is 0 Å². The smallest absolute Gasteiger partial charge is 0.230 e. The molecule has 1 heterocycles. The monoisotopic (exact) mass is 339 g/mol. The van der Waals surface area contributed by atoms with Gasteiger partial charge in [-0.15, -0.1) is 11.8 Å². The van der Waals surface area contributed by atoms with Gasteiger partial charge in [0.2, 0.25) is 5.91 Å². The van der Waals surface area contributed by atoms with E-state index in [9.17, 15) is 4.79 Å². The van der Waals surface area contributed by atoms with Crippen molar-refractivity contribution >= 4 is 33.6 Å². The molecule has 0 saturated heterocycles. The molecule has 0 unspecified atom stereocenters. The van der Waals surface area contributed by atoms with Gasteiger partial charge in [-0.2, -0.15) is 0 Å². The van der Waals surface area contributed by atoms with Crippen molar-refractivity contribution in [2.45, 2.75) is 12.3 Å². The third-order valence-corrected chi connectivity index (χ3v) is 3.93. The van der Waals surface area contributed by atoms with Gasteiger partial charge in [0.05, 0.1) is 18.6 Å². The minimum atomic E-state index is 0.0244. The summed E-state index contributed by atoms with van der Waals surface area (Å²) in [7, 11) is 0. The lowest BCUT2D eigenvalue weighted by molar-refractivity contribution is -0.118. The van der Waals surface area contributed by atoms with Crippen LogP contribution in [-0.2, 0) is 17.1 Å². The van der Waals surface area contributed by atoms with E-state index in [-0.39, 0.29) is 5.91 Å². The van der Waals surface area contributed by atoms with Crippen molar-refractivity contribution in [3.05, 3.63) is 58.5 Å². The molecule has 1 aromatic heterocycles. The number of carbonyl (C=O) groups is 1. The maximum Gasteiger partial charge on any atom is 0.230 e. The van der Waals surface area contributed by atoms with Gasteiger partial charge < -0.3 is 9.73 Å². The first-order chi connectivity index (χ1) is 9.24. The lowest BCUT2D eigenvalue weighted by Crippen LogP contribution is -2.24. The van der Waals surface area contributed by atoms with Crippen LogP contribution in [0.2, 0.25) is 0 Å². The summed E-state index contributed by atoms with van der Waals surface area (Å²) in [5.74, 6) is 2.07. The van der Waals surface area contributed by atoms with Crippen molar-refractivity contribution < 1.29 is 9.21 Å². The largest absolute Gasteiger partial charge is 0.467 e. The normalized spacial score (nSPS) is 10.4. The third kappa shape index (κ3) is 5.12. The van der Waals surface area contributed by atoms with Gasteiger partial charge in [0.25, 0.3) is 0 Å². The molecule has 2 aromatic rings.